The van der Waals surface area contributed by atoms with Crippen LogP contribution in [0.4, 0.5) is 0 Å². The van der Waals surface area contributed by atoms with E-state index in [0.717, 1.165) is 5.56 Å². The quantitative estimate of drug-likeness (QED) is 0.640. The third-order valence-corrected chi connectivity index (χ3v) is 4.36. The van der Waals surface area contributed by atoms with Gasteiger partial charge in [0.05, 0.1) is 0 Å². The molecule has 2 aromatic rings. The van der Waals surface area contributed by atoms with Crippen molar-refractivity contribution in [3.63, 3.8) is 0 Å². The number of hydrogen-bond donors (Lipinski definition) is 0. The lowest BCUT2D eigenvalue weighted by atomic mass is 9.89. The SMILES string of the molecule is O=C(c1ccccc1)C1CCN(C(=O)c2cccc(Cl)n2)CC1. The van der Waals surface area contributed by atoms with E-state index < -0.39 is 0 Å². The van der Waals surface area contributed by atoms with Gasteiger partial charge in [0.2, 0.25) is 0 Å². The van der Waals surface area contributed by atoms with Crippen molar-refractivity contribution in [1.82, 2.24) is 9.88 Å². The first-order chi connectivity index (χ1) is 11.1. The van der Waals surface area contributed by atoms with Gasteiger partial charge in [0.1, 0.15) is 10.8 Å². The highest BCUT2D eigenvalue weighted by Crippen LogP contribution is 2.23. The number of carbonyl (C=O) groups excluding carboxylic acids is 2. The summed E-state index contributed by atoms with van der Waals surface area (Å²) in [6.07, 6.45) is 1.36. The molecule has 23 heavy (non-hydrogen) atoms. The van der Waals surface area contributed by atoms with E-state index in [1.165, 1.54) is 0 Å². The Hall–Kier alpha value is -2.20. The first-order valence-electron chi connectivity index (χ1n) is 7.66. The number of Topliss-reactive ketones (excluding diaryl/α,β-unsaturated/α-hetero) is 1. The fraction of sp³-hybridized carbons (Fsp3) is 0.278. The number of benzene rings is 1. The summed E-state index contributed by atoms with van der Waals surface area (Å²) in [5, 5.41) is 0.310. The zero-order valence-corrected chi connectivity index (χ0v) is 13.4. The topological polar surface area (TPSA) is 50.3 Å². The minimum atomic E-state index is -0.127. The van der Waals surface area contributed by atoms with Crippen LogP contribution in [0.2, 0.25) is 5.15 Å². The highest BCUT2D eigenvalue weighted by Gasteiger charge is 2.28. The highest BCUT2D eigenvalue weighted by molar-refractivity contribution is 6.29. The van der Waals surface area contributed by atoms with Gasteiger partial charge in [-0.15, -0.1) is 0 Å². The van der Waals surface area contributed by atoms with Crippen molar-refractivity contribution < 1.29 is 9.59 Å². The zero-order valence-electron chi connectivity index (χ0n) is 12.6. The molecule has 1 aromatic heterocycles. The fourth-order valence-corrected chi connectivity index (χ4v) is 3.04. The Morgan fingerprint density at radius 2 is 1.70 bits per heavy atom. The molecule has 1 aliphatic heterocycles. The summed E-state index contributed by atoms with van der Waals surface area (Å²) in [7, 11) is 0. The minimum Gasteiger partial charge on any atom is -0.337 e. The summed E-state index contributed by atoms with van der Waals surface area (Å²) in [5.74, 6) is 0.0189. The summed E-state index contributed by atoms with van der Waals surface area (Å²) in [6.45, 7) is 1.13. The van der Waals surface area contributed by atoms with Crippen LogP contribution >= 0.6 is 11.6 Å². The summed E-state index contributed by atoms with van der Waals surface area (Å²) in [5.41, 5.74) is 1.10. The molecule has 1 fully saturated rings. The molecule has 3 rings (SSSR count). The largest absolute Gasteiger partial charge is 0.337 e. The third kappa shape index (κ3) is 3.59. The van der Waals surface area contributed by atoms with Gasteiger partial charge in [-0.3, -0.25) is 9.59 Å². The van der Waals surface area contributed by atoms with Gasteiger partial charge < -0.3 is 4.90 Å². The van der Waals surface area contributed by atoms with E-state index in [1.807, 2.05) is 30.3 Å². The van der Waals surface area contributed by atoms with Crippen molar-refractivity contribution in [2.24, 2.45) is 5.92 Å². The molecule has 4 nitrogen and oxygen atoms in total. The maximum absolute atomic E-state index is 12.5. The van der Waals surface area contributed by atoms with Crippen LogP contribution in [0.15, 0.2) is 48.5 Å². The Kier molecular flexibility index (Phi) is 4.72. The van der Waals surface area contributed by atoms with Crippen LogP contribution in [-0.4, -0.2) is 34.7 Å². The van der Waals surface area contributed by atoms with Crippen molar-refractivity contribution in [2.45, 2.75) is 12.8 Å². The second-order valence-corrected chi connectivity index (χ2v) is 6.03. The van der Waals surface area contributed by atoms with Crippen molar-refractivity contribution in [1.29, 1.82) is 0 Å². The van der Waals surface area contributed by atoms with Gasteiger partial charge in [0, 0.05) is 24.6 Å². The second kappa shape index (κ2) is 6.92. The Bertz CT molecular complexity index is 710. The number of likely N-dealkylation sites (tertiary alicyclic amines) is 1. The van der Waals surface area contributed by atoms with E-state index in [2.05, 4.69) is 4.98 Å². The lowest BCUT2D eigenvalue weighted by Gasteiger charge is -2.31. The van der Waals surface area contributed by atoms with Crippen molar-refractivity contribution >= 4 is 23.3 Å². The molecule has 1 amide bonds. The summed E-state index contributed by atoms with van der Waals surface area (Å²) < 4.78 is 0. The number of rotatable bonds is 3. The van der Waals surface area contributed by atoms with Crippen molar-refractivity contribution in [3.8, 4) is 0 Å². The van der Waals surface area contributed by atoms with E-state index in [4.69, 9.17) is 11.6 Å². The molecule has 0 aliphatic carbocycles. The minimum absolute atomic E-state index is 0.0197. The average Bonchev–Trinajstić information content (AvgIpc) is 2.61. The van der Waals surface area contributed by atoms with Crippen LogP contribution in [0.3, 0.4) is 0 Å². The first-order valence-corrected chi connectivity index (χ1v) is 8.04. The van der Waals surface area contributed by atoms with E-state index in [1.54, 1.807) is 23.1 Å². The van der Waals surface area contributed by atoms with Crippen LogP contribution in [0.5, 0.6) is 0 Å². The number of halogens is 1. The maximum Gasteiger partial charge on any atom is 0.272 e. The number of hydrogen-bond acceptors (Lipinski definition) is 3. The number of pyridine rings is 1. The molecule has 0 radical (unpaired) electrons. The van der Waals surface area contributed by atoms with Gasteiger partial charge in [-0.1, -0.05) is 48.0 Å². The summed E-state index contributed by atoms with van der Waals surface area (Å²) in [4.78, 5) is 30.7. The fourth-order valence-electron chi connectivity index (χ4n) is 2.87. The Labute approximate surface area is 140 Å². The molecular weight excluding hydrogens is 312 g/mol. The van der Waals surface area contributed by atoms with Crippen LogP contribution in [0.25, 0.3) is 0 Å². The number of ketones is 1. The number of nitrogens with zero attached hydrogens (tertiary/aromatic N) is 2. The lowest BCUT2D eigenvalue weighted by molar-refractivity contribution is 0.0645. The normalized spacial score (nSPS) is 15.4. The number of carbonyl (C=O) groups is 2. The van der Waals surface area contributed by atoms with Gasteiger partial charge in [0.25, 0.3) is 5.91 Å². The van der Waals surface area contributed by atoms with Gasteiger partial charge in [-0.25, -0.2) is 4.98 Å². The third-order valence-electron chi connectivity index (χ3n) is 4.15. The zero-order chi connectivity index (χ0) is 16.2. The molecule has 0 unspecified atom stereocenters. The van der Waals surface area contributed by atoms with Crippen LogP contribution in [-0.2, 0) is 0 Å². The molecule has 0 saturated carbocycles. The van der Waals surface area contributed by atoms with Crippen LogP contribution in [0, 0.1) is 5.92 Å². The molecule has 2 heterocycles. The maximum atomic E-state index is 12.5. The second-order valence-electron chi connectivity index (χ2n) is 5.64. The summed E-state index contributed by atoms with van der Waals surface area (Å²) in [6, 6.07) is 14.3. The molecule has 0 spiro atoms. The predicted octanol–water partition coefficient (Wildman–Crippen LogP) is 3.47. The number of amides is 1. The van der Waals surface area contributed by atoms with E-state index in [9.17, 15) is 9.59 Å². The molecule has 0 bridgehead atoms. The predicted molar refractivity (Wildman–Crippen MR) is 88.6 cm³/mol. The van der Waals surface area contributed by atoms with Crippen LogP contribution < -0.4 is 0 Å². The first kappa shape index (κ1) is 15.7. The number of piperidine rings is 1. The van der Waals surface area contributed by atoms with Crippen molar-refractivity contribution in [3.05, 3.63) is 64.9 Å². The molecule has 0 atom stereocenters. The molecule has 1 saturated heterocycles. The van der Waals surface area contributed by atoms with Crippen molar-refractivity contribution in [2.75, 3.05) is 13.1 Å². The smallest absolute Gasteiger partial charge is 0.272 e. The molecular formula is C18H17ClN2O2. The molecule has 118 valence electrons. The van der Waals surface area contributed by atoms with Gasteiger partial charge in [-0.2, -0.15) is 0 Å². The number of aromatic nitrogens is 1. The lowest BCUT2D eigenvalue weighted by Crippen LogP contribution is -2.40. The average molecular weight is 329 g/mol. The van der Waals surface area contributed by atoms with Gasteiger partial charge in [0.15, 0.2) is 5.78 Å². The molecule has 5 heteroatoms. The Balaban J connectivity index is 1.62. The van der Waals surface area contributed by atoms with E-state index in [0.29, 0.717) is 36.8 Å². The van der Waals surface area contributed by atoms with Crippen LogP contribution in [0.1, 0.15) is 33.7 Å². The summed E-state index contributed by atoms with van der Waals surface area (Å²) >= 11 is 5.83. The van der Waals surface area contributed by atoms with Gasteiger partial charge in [-0.05, 0) is 25.0 Å². The van der Waals surface area contributed by atoms with E-state index in [-0.39, 0.29) is 17.6 Å². The monoisotopic (exact) mass is 328 g/mol. The Morgan fingerprint density at radius 1 is 1.00 bits per heavy atom. The molecule has 1 aliphatic rings. The van der Waals surface area contributed by atoms with Gasteiger partial charge >= 0.3 is 0 Å². The Morgan fingerprint density at radius 3 is 2.35 bits per heavy atom. The van der Waals surface area contributed by atoms with E-state index >= 15 is 0 Å². The highest BCUT2D eigenvalue weighted by atomic mass is 35.5. The molecule has 0 N–H and O–H groups in total. The molecule has 1 aromatic carbocycles. The standard InChI is InChI=1S/C18H17ClN2O2/c19-16-8-4-7-15(20-16)18(23)21-11-9-14(10-12-21)17(22)13-5-2-1-3-6-13/h1-8,14H,9-12H2.